The lowest BCUT2D eigenvalue weighted by Gasteiger charge is -2.32. The van der Waals surface area contributed by atoms with Crippen LogP contribution in [0.3, 0.4) is 0 Å². The number of fused-ring (bicyclic) bond motifs is 2. The number of hydrogen-bond acceptors (Lipinski definition) is 2. The van der Waals surface area contributed by atoms with E-state index in [2.05, 4.69) is 47.4 Å². The Balaban J connectivity index is 1.54. The van der Waals surface area contributed by atoms with E-state index in [0.717, 1.165) is 31.7 Å². The Morgan fingerprint density at radius 2 is 1.63 bits per heavy atom. The predicted molar refractivity (Wildman–Crippen MR) is 75.1 cm³/mol. The van der Waals surface area contributed by atoms with Crippen LogP contribution >= 0.6 is 0 Å². The summed E-state index contributed by atoms with van der Waals surface area (Å²) in [6, 6.07) is 17.1. The quantitative estimate of drug-likeness (QED) is 0.772. The highest BCUT2D eigenvalue weighted by Crippen LogP contribution is 2.31. The fourth-order valence-corrected chi connectivity index (χ4v) is 3.13. The average molecular weight is 251 g/mol. The lowest BCUT2D eigenvalue weighted by molar-refractivity contribution is 0.0323. The molecule has 1 atom stereocenters. The summed E-state index contributed by atoms with van der Waals surface area (Å²) in [5, 5.41) is 0. The van der Waals surface area contributed by atoms with Crippen molar-refractivity contribution in [3.05, 3.63) is 65.2 Å². The van der Waals surface area contributed by atoms with E-state index >= 15 is 0 Å². The van der Waals surface area contributed by atoms with Gasteiger partial charge in [-0.05, 0) is 29.2 Å². The van der Waals surface area contributed by atoms with Crippen LogP contribution in [0.25, 0.3) is 0 Å². The summed E-state index contributed by atoms with van der Waals surface area (Å²) in [5.41, 5.74) is 4.29. The molecule has 2 aliphatic heterocycles. The minimum Gasteiger partial charge on any atom is -0.474 e. The van der Waals surface area contributed by atoms with Gasteiger partial charge in [0.05, 0.1) is 0 Å². The lowest BCUT2D eigenvalue weighted by Crippen LogP contribution is -2.41. The van der Waals surface area contributed by atoms with Crippen LogP contribution in [-0.4, -0.2) is 17.7 Å². The van der Waals surface area contributed by atoms with E-state index in [9.17, 15) is 0 Å². The van der Waals surface area contributed by atoms with Gasteiger partial charge in [0, 0.05) is 19.5 Å². The third kappa shape index (κ3) is 1.92. The van der Waals surface area contributed by atoms with Gasteiger partial charge in [-0.15, -0.1) is 0 Å². The molecule has 4 rings (SSSR count). The summed E-state index contributed by atoms with van der Waals surface area (Å²) in [6.07, 6.45) is 2.36. The first-order valence-electron chi connectivity index (χ1n) is 6.95. The molecule has 0 N–H and O–H groups in total. The minimum atomic E-state index is 0.214. The van der Waals surface area contributed by atoms with Gasteiger partial charge in [-0.3, -0.25) is 4.90 Å². The van der Waals surface area contributed by atoms with Crippen molar-refractivity contribution in [2.45, 2.75) is 25.6 Å². The highest BCUT2D eigenvalue weighted by atomic mass is 16.5. The van der Waals surface area contributed by atoms with Crippen LogP contribution in [0.5, 0.6) is 5.75 Å². The summed E-state index contributed by atoms with van der Waals surface area (Å²) < 4.78 is 6.09. The van der Waals surface area contributed by atoms with Crippen LogP contribution < -0.4 is 4.74 Å². The van der Waals surface area contributed by atoms with E-state index in [1.54, 1.807) is 0 Å². The molecule has 0 aliphatic carbocycles. The summed E-state index contributed by atoms with van der Waals surface area (Å²) in [5.74, 6) is 1.06. The van der Waals surface area contributed by atoms with Crippen molar-refractivity contribution in [2.75, 3.05) is 6.54 Å². The van der Waals surface area contributed by atoms with Gasteiger partial charge in [-0.25, -0.2) is 0 Å². The largest absolute Gasteiger partial charge is 0.474 e. The lowest BCUT2D eigenvalue weighted by atomic mass is 9.99. The molecule has 2 nitrogen and oxygen atoms in total. The second-order valence-corrected chi connectivity index (χ2v) is 5.37. The van der Waals surface area contributed by atoms with Gasteiger partial charge in [0.2, 0.25) is 0 Å². The van der Waals surface area contributed by atoms with Crippen LogP contribution in [-0.2, 0) is 19.4 Å². The SMILES string of the molecule is c1ccc2c(c1)CCN(C1Cc3ccccc3O1)C2. The van der Waals surface area contributed by atoms with Crippen molar-refractivity contribution in [2.24, 2.45) is 0 Å². The number of nitrogens with zero attached hydrogens (tertiary/aromatic N) is 1. The van der Waals surface area contributed by atoms with Crippen LogP contribution in [0.15, 0.2) is 48.5 Å². The normalized spacial score (nSPS) is 21.6. The highest BCUT2D eigenvalue weighted by Gasteiger charge is 2.30. The molecule has 19 heavy (non-hydrogen) atoms. The number of para-hydroxylation sites is 1. The maximum Gasteiger partial charge on any atom is 0.157 e. The Hall–Kier alpha value is -1.80. The third-order valence-electron chi connectivity index (χ3n) is 4.20. The summed E-state index contributed by atoms with van der Waals surface area (Å²) in [6.45, 7) is 2.10. The Labute approximate surface area is 113 Å². The topological polar surface area (TPSA) is 12.5 Å². The molecule has 0 saturated carbocycles. The van der Waals surface area contributed by atoms with Gasteiger partial charge in [0.25, 0.3) is 0 Å². The van der Waals surface area contributed by atoms with E-state index in [4.69, 9.17) is 4.74 Å². The van der Waals surface area contributed by atoms with Crippen LogP contribution in [0, 0.1) is 0 Å². The molecule has 96 valence electrons. The first-order chi connectivity index (χ1) is 9.40. The second kappa shape index (κ2) is 4.39. The van der Waals surface area contributed by atoms with Gasteiger partial charge >= 0.3 is 0 Å². The van der Waals surface area contributed by atoms with Crippen molar-refractivity contribution in [3.63, 3.8) is 0 Å². The first kappa shape index (κ1) is 11.1. The molecule has 0 radical (unpaired) electrons. The molecule has 2 aromatic carbocycles. The molecule has 0 fully saturated rings. The zero-order valence-corrected chi connectivity index (χ0v) is 10.9. The molecule has 2 aromatic rings. The van der Waals surface area contributed by atoms with E-state index < -0.39 is 0 Å². The van der Waals surface area contributed by atoms with Crippen LogP contribution in [0.4, 0.5) is 0 Å². The van der Waals surface area contributed by atoms with Crippen molar-refractivity contribution in [1.82, 2.24) is 4.90 Å². The first-order valence-corrected chi connectivity index (χ1v) is 6.95. The Bertz CT molecular complexity index is 583. The predicted octanol–water partition coefficient (Wildman–Crippen LogP) is 3.01. The maximum absolute atomic E-state index is 6.09. The molecule has 2 heterocycles. The Morgan fingerprint density at radius 3 is 2.47 bits per heavy atom. The van der Waals surface area contributed by atoms with E-state index in [1.807, 2.05) is 6.07 Å². The van der Waals surface area contributed by atoms with Gasteiger partial charge in [-0.2, -0.15) is 0 Å². The number of benzene rings is 2. The van der Waals surface area contributed by atoms with Gasteiger partial charge in [0.15, 0.2) is 6.23 Å². The number of hydrogen-bond donors (Lipinski definition) is 0. The van der Waals surface area contributed by atoms with Crippen molar-refractivity contribution in [1.29, 1.82) is 0 Å². The standard InChI is InChI=1S/C17H17NO/c1-2-7-15-12-18(10-9-13(15)5-1)17-11-14-6-3-4-8-16(14)19-17/h1-8,17H,9-12H2. The molecule has 0 saturated heterocycles. The molecule has 0 amide bonds. The fourth-order valence-electron chi connectivity index (χ4n) is 3.13. The third-order valence-corrected chi connectivity index (χ3v) is 4.20. The zero-order chi connectivity index (χ0) is 12.7. The molecular formula is C17H17NO. The summed E-state index contributed by atoms with van der Waals surface area (Å²) in [4.78, 5) is 2.46. The van der Waals surface area contributed by atoms with Crippen molar-refractivity contribution < 1.29 is 4.74 Å². The monoisotopic (exact) mass is 251 g/mol. The molecule has 0 aromatic heterocycles. The summed E-state index contributed by atoms with van der Waals surface area (Å²) >= 11 is 0. The number of ether oxygens (including phenoxy) is 1. The van der Waals surface area contributed by atoms with Crippen LogP contribution in [0.2, 0.25) is 0 Å². The second-order valence-electron chi connectivity index (χ2n) is 5.37. The van der Waals surface area contributed by atoms with Crippen LogP contribution in [0.1, 0.15) is 16.7 Å². The molecular weight excluding hydrogens is 234 g/mol. The summed E-state index contributed by atoms with van der Waals surface area (Å²) in [7, 11) is 0. The smallest absolute Gasteiger partial charge is 0.157 e. The van der Waals surface area contributed by atoms with E-state index in [0.29, 0.717) is 0 Å². The Morgan fingerprint density at radius 1 is 0.895 bits per heavy atom. The average Bonchev–Trinajstić information content (AvgIpc) is 2.90. The zero-order valence-electron chi connectivity index (χ0n) is 10.9. The van der Waals surface area contributed by atoms with Crippen molar-refractivity contribution in [3.8, 4) is 5.75 Å². The van der Waals surface area contributed by atoms with Gasteiger partial charge in [-0.1, -0.05) is 42.5 Å². The van der Waals surface area contributed by atoms with E-state index in [-0.39, 0.29) is 6.23 Å². The van der Waals surface area contributed by atoms with Crippen molar-refractivity contribution >= 4 is 0 Å². The molecule has 1 unspecified atom stereocenters. The minimum absolute atomic E-state index is 0.214. The fraction of sp³-hybridized carbons (Fsp3) is 0.294. The Kier molecular flexibility index (Phi) is 2.56. The highest BCUT2D eigenvalue weighted by molar-refractivity contribution is 5.37. The molecule has 2 aliphatic rings. The number of rotatable bonds is 1. The molecule has 2 heteroatoms. The molecule has 0 spiro atoms. The maximum atomic E-state index is 6.09. The molecule has 0 bridgehead atoms. The van der Waals surface area contributed by atoms with E-state index in [1.165, 1.54) is 16.7 Å². The van der Waals surface area contributed by atoms with Gasteiger partial charge in [0.1, 0.15) is 5.75 Å². The van der Waals surface area contributed by atoms with Gasteiger partial charge < -0.3 is 4.74 Å².